The van der Waals surface area contributed by atoms with Crippen LogP contribution in [0.5, 0.6) is 0 Å². The highest BCUT2D eigenvalue weighted by molar-refractivity contribution is 7.89. The van der Waals surface area contributed by atoms with E-state index in [-0.39, 0.29) is 48.6 Å². The number of hydrogen-bond acceptors (Lipinski definition) is 4. The first-order chi connectivity index (χ1) is 19.5. The van der Waals surface area contributed by atoms with Gasteiger partial charge in [-0.05, 0) is 47.7 Å². The van der Waals surface area contributed by atoms with Gasteiger partial charge < -0.3 is 10.2 Å². The summed E-state index contributed by atoms with van der Waals surface area (Å²) in [6.45, 7) is 4.77. The summed E-state index contributed by atoms with van der Waals surface area (Å²) in [4.78, 5) is 29.1. The number of amides is 2. The Morgan fingerprint density at radius 1 is 0.878 bits per heavy atom. The van der Waals surface area contributed by atoms with E-state index in [9.17, 15) is 18.0 Å². The van der Waals surface area contributed by atoms with Gasteiger partial charge in [0.05, 0.1) is 14.9 Å². The Hall–Kier alpha value is -2.91. The van der Waals surface area contributed by atoms with Crippen LogP contribution in [0.4, 0.5) is 0 Å². The number of hydrogen-bond donors (Lipinski definition) is 1. The monoisotopic (exact) mass is 617 g/mol. The molecule has 1 atom stereocenters. The molecular formula is C31H37Cl2N3O4S. The maximum Gasteiger partial charge on any atom is 0.243 e. The van der Waals surface area contributed by atoms with Gasteiger partial charge in [-0.25, -0.2) is 12.7 Å². The molecule has 1 unspecified atom stereocenters. The van der Waals surface area contributed by atoms with Crippen molar-refractivity contribution in [2.24, 2.45) is 5.92 Å². The number of nitrogens with zero attached hydrogens (tertiary/aromatic N) is 2. The van der Waals surface area contributed by atoms with Gasteiger partial charge in [0.15, 0.2) is 0 Å². The van der Waals surface area contributed by atoms with Gasteiger partial charge in [-0.1, -0.05) is 91.6 Å². The van der Waals surface area contributed by atoms with Gasteiger partial charge in [0, 0.05) is 39.5 Å². The van der Waals surface area contributed by atoms with E-state index in [4.69, 9.17) is 23.2 Å². The molecule has 0 aliphatic rings. The molecule has 0 aliphatic heterocycles. The summed E-state index contributed by atoms with van der Waals surface area (Å²) in [7, 11) is -2.19. The van der Waals surface area contributed by atoms with Gasteiger partial charge in [0.2, 0.25) is 21.8 Å². The molecule has 1 N–H and O–H groups in total. The van der Waals surface area contributed by atoms with E-state index < -0.39 is 16.1 Å². The SMILES string of the molecule is CC(C)CNC(=O)C(Cc1ccccc1)N(Cc1ccc(Cl)c(Cl)c1)C(=O)CCCN(C)S(=O)(=O)c1ccccc1. The first kappa shape index (κ1) is 32.6. The van der Waals surface area contributed by atoms with E-state index in [1.807, 2.05) is 44.2 Å². The van der Waals surface area contributed by atoms with E-state index in [2.05, 4.69) is 5.32 Å². The molecule has 0 bridgehead atoms. The molecule has 0 fully saturated rings. The molecule has 3 rings (SSSR count). The summed E-state index contributed by atoms with van der Waals surface area (Å²) in [5.74, 6) is -0.278. The summed E-state index contributed by atoms with van der Waals surface area (Å²) < 4.78 is 27.1. The van der Waals surface area contributed by atoms with Crippen LogP contribution in [-0.4, -0.2) is 55.6 Å². The average Bonchev–Trinajstić information content (AvgIpc) is 2.96. The predicted molar refractivity (Wildman–Crippen MR) is 164 cm³/mol. The first-order valence-electron chi connectivity index (χ1n) is 13.6. The lowest BCUT2D eigenvalue weighted by atomic mass is 10.0. The lowest BCUT2D eigenvalue weighted by Crippen LogP contribution is -2.51. The summed E-state index contributed by atoms with van der Waals surface area (Å²) in [6, 6.07) is 22.1. The summed E-state index contributed by atoms with van der Waals surface area (Å²) >= 11 is 12.4. The molecule has 0 aliphatic carbocycles. The molecule has 0 heterocycles. The Kier molecular flexibility index (Phi) is 12.2. The average molecular weight is 619 g/mol. The van der Waals surface area contributed by atoms with Crippen LogP contribution >= 0.6 is 23.2 Å². The van der Waals surface area contributed by atoms with E-state index >= 15 is 0 Å². The van der Waals surface area contributed by atoms with Crippen LogP contribution in [-0.2, 0) is 32.6 Å². The third-order valence-electron chi connectivity index (χ3n) is 6.61. The lowest BCUT2D eigenvalue weighted by Gasteiger charge is -2.32. The van der Waals surface area contributed by atoms with Crippen molar-refractivity contribution in [3.8, 4) is 0 Å². The van der Waals surface area contributed by atoms with Crippen LogP contribution in [0.2, 0.25) is 10.0 Å². The van der Waals surface area contributed by atoms with Gasteiger partial charge >= 0.3 is 0 Å². The quantitative estimate of drug-likeness (QED) is 0.247. The summed E-state index contributed by atoms with van der Waals surface area (Å²) in [5.41, 5.74) is 1.64. The molecule has 0 aromatic heterocycles. The van der Waals surface area contributed by atoms with Crippen molar-refractivity contribution >= 4 is 45.0 Å². The Labute approximate surface area is 253 Å². The van der Waals surface area contributed by atoms with Crippen LogP contribution in [0.15, 0.2) is 83.8 Å². The van der Waals surface area contributed by atoms with Gasteiger partial charge in [0.1, 0.15) is 6.04 Å². The maximum atomic E-state index is 13.8. The number of nitrogens with one attached hydrogen (secondary N) is 1. The molecular weight excluding hydrogens is 581 g/mol. The van der Waals surface area contributed by atoms with Crippen molar-refractivity contribution < 1.29 is 18.0 Å². The Morgan fingerprint density at radius 3 is 2.12 bits per heavy atom. The second-order valence-electron chi connectivity index (χ2n) is 10.4. The molecule has 3 aromatic rings. The lowest BCUT2D eigenvalue weighted by molar-refractivity contribution is -0.141. The second-order valence-corrected chi connectivity index (χ2v) is 13.2. The van der Waals surface area contributed by atoms with E-state index in [1.54, 1.807) is 53.4 Å². The second kappa shape index (κ2) is 15.4. The molecule has 7 nitrogen and oxygen atoms in total. The van der Waals surface area contributed by atoms with Crippen LogP contribution in [0, 0.1) is 5.92 Å². The minimum absolute atomic E-state index is 0.0543. The van der Waals surface area contributed by atoms with Crippen LogP contribution in [0.25, 0.3) is 0 Å². The fraction of sp³-hybridized carbons (Fsp3) is 0.355. The van der Waals surface area contributed by atoms with Crippen molar-refractivity contribution in [3.63, 3.8) is 0 Å². The summed E-state index contributed by atoms with van der Waals surface area (Å²) in [5, 5.41) is 3.74. The highest BCUT2D eigenvalue weighted by Gasteiger charge is 2.30. The van der Waals surface area contributed by atoms with Crippen molar-refractivity contribution in [2.45, 2.75) is 50.6 Å². The number of halogens is 2. The number of benzene rings is 3. The number of carbonyl (C=O) groups is 2. The zero-order chi connectivity index (χ0) is 30.0. The Bertz CT molecular complexity index is 1400. The minimum Gasteiger partial charge on any atom is -0.354 e. The van der Waals surface area contributed by atoms with Crippen molar-refractivity contribution in [1.82, 2.24) is 14.5 Å². The molecule has 10 heteroatoms. The van der Waals surface area contributed by atoms with Crippen LogP contribution in [0.3, 0.4) is 0 Å². The number of sulfonamides is 1. The van der Waals surface area contributed by atoms with Gasteiger partial charge in [-0.3, -0.25) is 9.59 Å². The molecule has 220 valence electrons. The van der Waals surface area contributed by atoms with E-state index in [0.29, 0.717) is 23.0 Å². The molecule has 0 saturated heterocycles. The van der Waals surface area contributed by atoms with Crippen molar-refractivity contribution in [3.05, 3.63) is 100 Å². The van der Waals surface area contributed by atoms with E-state index in [1.165, 1.54) is 11.4 Å². The van der Waals surface area contributed by atoms with Gasteiger partial charge in [0.25, 0.3) is 0 Å². The molecule has 3 aromatic carbocycles. The topological polar surface area (TPSA) is 86.8 Å². The molecule has 0 radical (unpaired) electrons. The molecule has 0 spiro atoms. The smallest absolute Gasteiger partial charge is 0.243 e. The fourth-order valence-corrected chi connectivity index (χ4v) is 5.85. The fourth-order valence-electron chi connectivity index (χ4n) is 4.30. The van der Waals surface area contributed by atoms with Gasteiger partial charge in [-0.15, -0.1) is 0 Å². The number of carbonyl (C=O) groups excluding carboxylic acids is 2. The standard InChI is InChI=1S/C31H37Cl2N3O4S/c1-23(2)21-34-31(38)29(20-24-11-6-4-7-12-24)36(22-25-16-17-27(32)28(33)19-25)30(37)15-10-18-35(3)41(39,40)26-13-8-5-9-14-26/h4-9,11-14,16-17,19,23,29H,10,15,18,20-22H2,1-3H3,(H,34,38). The van der Waals surface area contributed by atoms with Crippen molar-refractivity contribution in [1.29, 1.82) is 0 Å². The normalized spacial score (nSPS) is 12.4. The highest BCUT2D eigenvalue weighted by atomic mass is 35.5. The largest absolute Gasteiger partial charge is 0.354 e. The maximum absolute atomic E-state index is 13.8. The van der Waals surface area contributed by atoms with Gasteiger partial charge in [-0.2, -0.15) is 0 Å². The Morgan fingerprint density at radius 2 is 1.51 bits per heavy atom. The van der Waals surface area contributed by atoms with E-state index in [0.717, 1.165) is 11.1 Å². The third-order valence-corrected chi connectivity index (χ3v) is 9.22. The summed E-state index contributed by atoms with van der Waals surface area (Å²) in [6.07, 6.45) is 0.657. The third kappa shape index (κ3) is 9.57. The molecule has 0 saturated carbocycles. The zero-order valence-corrected chi connectivity index (χ0v) is 25.9. The number of rotatable bonds is 14. The molecule has 41 heavy (non-hydrogen) atoms. The minimum atomic E-state index is -3.68. The zero-order valence-electron chi connectivity index (χ0n) is 23.6. The van der Waals surface area contributed by atoms with Crippen molar-refractivity contribution in [2.75, 3.05) is 20.1 Å². The molecule has 2 amide bonds. The first-order valence-corrected chi connectivity index (χ1v) is 15.7. The predicted octanol–water partition coefficient (Wildman–Crippen LogP) is 5.81. The highest BCUT2D eigenvalue weighted by Crippen LogP contribution is 2.25. The van der Waals surface area contributed by atoms with Crippen LogP contribution < -0.4 is 5.32 Å². The van der Waals surface area contributed by atoms with Crippen LogP contribution in [0.1, 0.15) is 37.8 Å². The Balaban J connectivity index is 1.84.